The molecule has 0 spiro atoms. The molecule has 0 aliphatic carbocycles. The first-order valence-electron chi connectivity index (χ1n) is 3.09. The lowest BCUT2D eigenvalue weighted by molar-refractivity contribution is 0.675. The van der Waals surface area contributed by atoms with Gasteiger partial charge >= 0.3 is 0 Å². The molecule has 1 atom stereocenters. The van der Waals surface area contributed by atoms with E-state index >= 15 is 0 Å². The minimum Gasteiger partial charge on any atom is -0.330 e. The van der Waals surface area contributed by atoms with Gasteiger partial charge in [0.25, 0.3) is 0 Å². The molecule has 0 amide bonds. The van der Waals surface area contributed by atoms with Crippen LogP contribution in [0.5, 0.6) is 0 Å². The molecule has 0 fully saturated rings. The van der Waals surface area contributed by atoms with Crippen LogP contribution in [0.4, 0.5) is 0 Å². The molecule has 1 nitrogen and oxygen atoms in total. The highest BCUT2D eigenvalue weighted by molar-refractivity contribution is 7.99. The Morgan fingerprint density at radius 1 is 1.62 bits per heavy atom. The molecule has 0 aromatic heterocycles. The van der Waals surface area contributed by atoms with Crippen LogP contribution in [0.1, 0.15) is 13.8 Å². The number of rotatable bonds is 4. The van der Waals surface area contributed by atoms with E-state index in [1.54, 1.807) is 0 Å². The van der Waals surface area contributed by atoms with Crippen LogP contribution in [0, 0.1) is 5.92 Å². The zero-order chi connectivity index (χ0) is 6.41. The van der Waals surface area contributed by atoms with E-state index in [1.807, 2.05) is 11.8 Å². The van der Waals surface area contributed by atoms with Gasteiger partial charge in [0.2, 0.25) is 0 Å². The van der Waals surface area contributed by atoms with Crippen molar-refractivity contribution in [1.82, 2.24) is 0 Å². The van der Waals surface area contributed by atoms with Gasteiger partial charge in [-0.2, -0.15) is 11.8 Å². The highest BCUT2D eigenvalue weighted by Crippen LogP contribution is 2.04. The Labute approximate surface area is 56.0 Å². The fraction of sp³-hybridized carbons (Fsp3) is 1.00. The van der Waals surface area contributed by atoms with E-state index in [0.29, 0.717) is 5.92 Å². The van der Waals surface area contributed by atoms with Crippen molar-refractivity contribution in [1.29, 1.82) is 0 Å². The van der Waals surface area contributed by atoms with Crippen LogP contribution in [-0.2, 0) is 0 Å². The van der Waals surface area contributed by atoms with Gasteiger partial charge in [0.15, 0.2) is 0 Å². The molecule has 0 heterocycles. The zero-order valence-electron chi connectivity index (χ0n) is 5.68. The Bertz CT molecular complexity index is 47.8. The summed E-state index contributed by atoms with van der Waals surface area (Å²) in [6.45, 7) is 5.18. The highest BCUT2D eigenvalue weighted by atomic mass is 32.2. The maximum atomic E-state index is 5.40. The summed E-state index contributed by atoms with van der Waals surface area (Å²) in [5.74, 6) is 3.12. The van der Waals surface area contributed by atoms with Gasteiger partial charge in [0, 0.05) is 0 Å². The highest BCUT2D eigenvalue weighted by Gasteiger charge is 1.95. The van der Waals surface area contributed by atoms with Crippen molar-refractivity contribution in [2.45, 2.75) is 13.8 Å². The van der Waals surface area contributed by atoms with Crippen LogP contribution in [0.2, 0.25) is 0 Å². The normalized spacial score (nSPS) is 13.9. The molecule has 50 valence electrons. The van der Waals surface area contributed by atoms with Crippen molar-refractivity contribution < 1.29 is 0 Å². The van der Waals surface area contributed by atoms with E-state index in [-0.39, 0.29) is 0 Å². The van der Waals surface area contributed by atoms with Gasteiger partial charge in [0.1, 0.15) is 0 Å². The Kier molecular flexibility index (Phi) is 5.66. The first kappa shape index (κ1) is 8.31. The second-order valence-corrected chi connectivity index (χ2v) is 3.32. The molecule has 0 aliphatic heterocycles. The largest absolute Gasteiger partial charge is 0.330 e. The molecule has 8 heavy (non-hydrogen) atoms. The number of hydrogen-bond donors (Lipinski definition) is 1. The fourth-order valence-corrected chi connectivity index (χ4v) is 1.16. The summed E-state index contributed by atoms with van der Waals surface area (Å²) in [6.07, 6.45) is 0. The van der Waals surface area contributed by atoms with Gasteiger partial charge in [-0.15, -0.1) is 0 Å². The number of hydrogen-bond acceptors (Lipinski definition) is 2. The van der Waals surface area contributed by atoms with Crippen LogP contribution in [0.3, 0.4) is 0 Å². The fourth-order valence-electron chi connectivity index (χ4n) is 0.387. The zero-order valence-corrected chi connectivity index (χ0v) is 6.50. The second kappa shape index (κ2) is 5.45. The predicted molar refractivity (Wildman–Crippen MR) is 41.2 cm³/mol. The van der Waals surface area contributed by atoms with Gasteiger partial charge in [-0.05, 0) is 24.0 Å². The molecule has 2 heteroatoms. The molecule has 1 unspecified atom stereocenters. The quantitative estimate of drug-likeness (QED) is 0.626. The maximum Gasteiger partial charge on any atom is -0.00298 e. The molecule has 0 radical (unpaired) electrons. The van der Waals surface area contributed by atoms with Crippen molar-refractivity contribution >= 4 is 11.8 Å². The van der Waals surface area contributed by atoms with Crippen LogP contribution in [0.25, 0.3) is 0 Å². The van der Waals surface area contributed by atoms with Crippen molar-refractivity contribution in [2.24, 2.45) is 11.7 Å². The molecule has 2 N–H and O–H groups in total. The Balaban J connectivity index is 2.86. The van der Waals surface area contributed by atoms with Crippen molar-refractivity contribution in [3.8, 4) is 0 Å². The third-order valence-corrected chi connectivity index (χ3v) is 2.22. The van der Waals surface area contributed by atoms with Crippen LogP contribution in [0.15, 0.2) is 0 Å². The van der Waals surface area contributed by atoms with E-state index in [0.717, 1.165) is 6.54 Å². The molecule has 0 rings (SSSR count). The van der Waals surface area contributed by atoms with Gasteiger partial charge in [0.05, 0.1) is 0 Å². The van der Waals surface area contributed by atoms with Crippen LogP contribution in [-0.4, -0.2) is 18.1 Å². The summed E-state index contributed by atoms with van der Waals surface area (Å²) in [6, 6.07) is 0. The van der Waals surface area contributed by atoms with E-state index in [2.05, 4.69) is 13.8 Å². The summed E-state index contributed by atoms with van der Waals surface area (Å²) in [5.41, 5.74) is 5.40. The molecule has 0 bridgehead atoms. The van der Waals surface area contributed by atoms with Crippen molar-refractivity contribution in [3.63, 3.8) is 0 Å². The first-order valence-corrected chi connectivity index (χ1v) is 4.24. The standard InChI is InChI=1S/C6H15NS/c1-3-8-5-6(2)4-7/h6H,3-5,7H2,1-2H3. The molecule has 0 aromatic carbocycles. The summed E-state index contributed by atoms with van der Waals surface area (Å²) in [5, 5.41) is 0. The molecule has 0 saturated carbocycles. The van der Waals surface area contributed by atoms with Crippen molar-refractivity contribution in [3.05, 3.63) is 0 Å². The Morgan fingerprint density at radius 2 is 2.25 bits per heavy atom. The Morgan fingerprint density at radius 3 is 2.62 bits per heavy atom. The molecule has 0 saturated heterocycles. The summed E-state index contributed by atoms with van der Waals surface area (Å²) in [7, 11) is 0. The topological polar surface area (TPSA) is 26.0 Å². The van der Waals surface area contributed by atoms with Gasteiger partial charge < -0.3 is 5.73 Å². The number of nitrogens with two attached hydrogens (primary N) is 1. The summed E-state index contributed by atoms with van der Waals surface area (Å²) < 4.78 is 0. The van der Waals surface area contributed by atoms with Crippen LogP contribution < -0.4 is 5.73 Å². The lowest BCUT2D eigenvalue weighted by Gasteiger charge is -2.04. The summed E-state index contributed by atoms with van der Waals surface area (Å²) in [4.78, 5) is 0. The molecule has 0 aliphatic rings. The monoisotopic (exact) mass is 133 g/mol. The average molecular weight is 133 g/mol. The molecular formula is C6H15NS. The smallest absolute Gasteiger partial charge is 0.00298 e. The minimum atomic E-state index is 0.694. The van der Waals surface area contributed by atoms with Gasteiger partial charge in [-0.1, -0.05) is 13.8 Å². The lowest BCUT2D eigenvalue weighted by Crippen LogP contribution is -2.12. The SMILES string of the molecule is CCSCC(C)CN. The van der Waals surface area contributed by atoms with Gasteiger partial charge in [-0.3, -0.25) is 0 Å². The summed E-state index contributed by atoms with van der Waals surface area (Å²) >= 11 is 1.96. The van der Waals surface area contributed by atoms with E-state index < -0.39 is 0 Å². The maximum absolute atomic E-state index is 5.40. The van der Waals surface area contributed by atoms with E-state index in [1.165, 1.54) is 11.5 Å². The lowest BCUT2D eigenvalue weighted by atomic mass is 10.2. The van der Waals surface area contributed by atoms with Crippen molar-refractivity contribution in [2.75, 3.05) is 18.1 Å². The van der Waals surface area contributed by atoms with E-state index in [4.69, 9.17) is 5.73 Å². The predicted octanol–water partition coefficient (Wildman–Crippen LogP) is 1.33. The van der Waals surface area contributed by atoms with E-state index in [9.17, 15) is 0 Å². The van der Waals surface area contributed by atoms with Crippen LogP contribution >= 0.6 is 11.8 Å². The Hall–Kier alpha value is 0.310. The van der Waals surface area contributed by atoms with Gasteiger partial charge in [-0.25, -0.2) is 0 Å². The third kappa shape index (κ3) is 4.47. The minimum absolute atomic E-state index is 0.694. The number of thioether (sulfide) groups is 1. The molecule has 0 aromatic rings. The average Bonchev–Trinajstić information content (AvgIpc) is 1.83. The third-order valence-electron chi connectivity index (χ3n) is 1.01. The molecular weight excluding hydrogens is 118 g/mol. The first-order chi connectivity index (χ1) is 3.81. The second-order valence-electron chi connectivity index (χ2n) is 2.00.